The van der Waals surface area contributed by atoms with Gasteiger partial charge in [-0.3, -0.25) is 9.78 Å². The Hall–Kier alpha value is -2.60. The van der Waals surface area contributed by atoms with Gasteiger partial charge in [-0.25, -0.2) is 0 Å². The molecular weight excluding hydrogens is 340 g/mol. The largest absolute Gasteiger partial charge is 0.378 e. The van der Waals surface area contributed by atoms with Crippen LogP contribution in [0.15, 0.2) is 42.7 Å². The second-order valence-corrected chi connectivity index (χ2v) is 7.05. The highest BCUT2D eigenvalue weighted by molar-refractivity contribution is 6.06. The zero-order valence-electron chi connectivity index (χ0n) is 15.6. The normalized spacial score (nSPS) is 17.6. The van der Waals surface area contributed by atoms with E-state index >= 15 is 0 Å². The molecule has 2 aliphatic heterocycles. The van der Waals surface area contributed by atoms with E-state index in [9.17, 15) is 4.79 Å². The molecule has 1 N–H and O–H groups in total. The fraction of sp³-hybridized carbons (Fsp3) is 0.429. The smallest absolute Gasteiger partial charge is 0.257 e. The van der Waals surface area contributed by atoms with Crippen LogP contribution in [0, 0.1) is 0 Å². The van der Waals surface area contributed by atoms with Crippen LogP contribution in [0.3, 0.4) is 0 Å². The van der Waals surface area contributed by atoms with Gasteiger partial charge in [-0.05, 0) is 37.5 Å². The van der Waals surface area contributed by atoms with Crippen molar-refractivity contribution in [1.29, 1.82) is 0 Å². The number of nitrogens with one attached hydrogen (secondary N) is 1. The number of carbonyl (C=O) groups excluding carboxylic acids is 1. The SMILES string of the molecule is O=C(Nc1ccccc1N1CCOCC1)c1cncc(N2CCCCC2)c1. The van der Waals surface area contributed by atoms with Crippen LogP contribution in [-0.2, 0) is 4.74 Å². The Kier molecular flexibility index (Phi) is 5.53. The maximum Gasteiger partial charge on any atom is 0.257 e. The highest BCUT2D eigenvalue weighted by atomic mass is 16.5. The first-order chi connectivity index (χ1) is 13.3. The van der Waals surface area contributed by atoms with E-state index in [1.165, 1.54) is 19.3 Å². The summed E-state index contributed by atoms with van der Waals surface area (Å²) in [6.45, 7) is 5.16. The predicted octanol–water partition coefficient (Wildman–Crippen LogP) is 3.16. The Balaban J connectivity index is 1.51. The summed E-state index contributed by atoms with van der Waals surface area (Å²) >= 11 is 0. The van der Waals surface area contributed by atoms with Gasteiger partial charge in [-0.2, -0.15) is 0 Å². The lowest BCUT2D eigenvalue weighted by Crippen LogP contribution is -2.36. The Morgan fingerprint density at radius 1 is 0.963 bits per heavy atom. The number of benzene rings is 1. The maximum atomic E-state index is 12.9. The summed E-state index contributed by atoms with van der Waals surface area (Å²) in [6.07, 6.45) is 7.17. The van der Waals surface area contributed by atoms with E-state index in [1.807, 2.05) is 36.5 Å². The van der Waals surface area contributed by atoms with Crippen LogP contribution in [0.1, 0.15) is 29.6 Å². The van der Waals surface area contributed by atoms with Crippen molar-refractivity contribution in [2.24, 2.45) is 0 Å². The monoisotopic (exact) mass is 366 g/mol. The number of carbonyl (C=O) groups is 1. The summed E-state index contributed by atoms with van der Waals surface area (Å²) in [4.78, 5) is 21.7. The first kappa shape index (κ1) is 17.8. The van der Waals surface area contributed by atoms with Crippen LogP contribution >= 0.6 is 0 Å². The van der Waals surface area contributed by atoms with Gasteiger partial charge in [-0.15, -0.1) is 0 Å². The number of nitrogens with zero attached hydrogens (tertiary/aromatic N) is 3. The van der Waals surface area contributed by atoms with Crippen LogP contribution in [0.2, 0.25) is 0 Å². The molecule has 6 nitrogen and oxygen atoms in total. The van der Waals surface area contributed by atoms with Crippen molar-refractivity contribution in [2.75, 3.05) is 54.5 Å². The molecule has 0 atom stereocenters. The first-order valence-corrected chi connectivity index (χ1v) is 9.74. The fourth-order valence-electron chi connectivity index (χ4n) is 3.73. The number of morpholine rings is 1. The van der Waals surface area contributed by atoms with Gasteiger partial charge in [0.2, 0.25) is 0 Å². The van der Waals surface area contributed by atoms with E-state index in [0.29, 0.717) is 18.8 Å². The van der Waals surface area contributed by atoms with Crippen molar-refractivity contribution in [3.05, 3.63) is 48.3 Å². The number of anilines is 3. The number of piperidine rings is 1. The molecular formula is C21H26N4O2. The molecule has 142 valence electrons. The van der Waals surface area contributed by atoms with E-state index in [1.54, 1.807) is 6.20 Å². The molecule has 27 heavy (non-hydrogen) atoms. The van der Waals surface area contributed by atoms with Crippen LogP contribution < -0.4 is 15.1 Å². The van der Waals surface area contributed by atoms with Crippen LogP contribution in [0.5, 0.6) is 0 Å². The molecule has 6 heteroatoms. The number of rotatable bonds is 4. The van der Waals surface area contributed by atoms with Crippen molar-refractivity contribution < 1.29 is 9.53 Å². The number of pyridine rings is 1. The molecule has 4 rings (SSSR count). The first-order valence-electron chi connectivity index (χ1n) is 9.74. The lowest BCUT2D eigenvalue weighted by molar-refractivity contribution is 0.102. The molecule has 0 aliphatic carbocycles. The molecule has 0 unspecified atom stereocenters. The Morgan fingerprint density at radius 3 is 2.56 bits per heavy atom. The third-order valence-electron chi connectivity index (χ3n) is 5.21. The minimum absolute atomic E-state index is 0.123. The number of amides is 1. The quantitative estimate of drug-likeness (QED) is 0.901. The van der Waals surface area contributed by atoms with Gasteiger partial charge in [0, 0.05) is 32.4 Å². The van der Waals surface area contributed by atoms with Gasteiger partial charge in [0.1, 0.15) is 0 Å². The molecule has 2 saturated heterocycles. The molecule has 0 spiro atoms. The summed E-state index contributed by atoms with van der Waals surface area (Å²) in [5, 5.41) is 3.07. The topological polar surface area (TPSA) is 57.7 Å². The van der Waals surface area contributed by atoms with E-state index in [4.69, 9.17) is 4.74 Å². The van der Waals surface area contributed by atoms with Crippen LogP contribution in [0.25, 0.3) is 0 Å². The van der Waals surface area contributed by atoms with Gasteiger partial charge in [-0.1, -0.05) is 12.1 Å². The molecule has 1 amide bonds. The number of hydrogen-bond acceptors (Lipinski definition) is 5. The zero-order chi connectivity index (χ0) is 18.5. The van der Waals surface area contributed by atoms with E-state index in [-0.39, 0.29) is 5.91 Å². The van der Waals surface area contributed by atoms with E-state index < -0.39 is 0 Å². The van der Waals surface area contributed by atoms with Gasteiger partial charge in [0.15, 0.2) is 0 Å². The molecule has 0 saturated carbocycles. The second kappa shape index (κ2) is 8.39. The lowest BCUT2D eigenvalue weighted by atomic mass is 10.1. The number of para-hydroxylation sites is 2. The van der Waals surface area contributed by atoms with Crippen molar-refractivity contribution in [2.45, 2.75) is 19.3 Å². The van der Waals surface area contributed by atoms with Gasteiger partial charge in [0.25, 0.3) is 5.91 Å². The fourth-order valence-corrected chi connectivity index (χ4v) is 3.73. The van der Waals surface area contributed by atoms with E-state index in [2.05, 4.69) is 20.1 Å². The molecule has 0 bridgehead atoms. The Bertz CT molecular complexity index is 783. The second-order valence-electron chi connectivity index (χ2n) is 7.05. The molecule has 2 aromatic rings. The van der Waals surface area contributed by atoms with Gasteiger partial charge < -0.3 is 19.9 Å². The lowest BCUT2D eigenvalue weighted by Gasteiger charge is -2.30. The predicted molar refractivity (Wildman–Crippen MR) is 108 cm³/mol. The highest BCUT2D eigenvalue weighted by Gasteiger charge is 2.18. The Morgan fingerprint density at radius 2 is 1.74 bits per heavy atom. The van der Waals surface area contributed by atoms with Crippen molar-refractivity contribution in [3.63, 3.8) is 0 Å². The molecule has 1 aromatic carbocycles. The number of hydrogen-bond donors (Lipinski definition) is 1. The van der Waals surface area contributed by atoms with E-state index in [0.717, 1.165) is 43.2 Å². The third-order valence-corrected chi connectivity index (χ3v) is 5.21. The molecule has 0 radical (unpaired) electrons. The molecule has 1 aromatic heterocycles. The summed E-state index contributed by atoms with van der Waals surface area (Å²) in [6, 6.07) is 9.89. The average Bonchev–Trinajstić information content (AvgIpc) is 2.75. The van der Waals surface area contributed by atoms with Crippen LogP contribution in [-0.4, -0.2) is 50.3 Å². The number of ether oxygens (including phenoxy) is 1. The van der Waals surface area contributed by atoms with Crippen molar-refractivity contribution in [1.82, 2.24) is 4.98 Å². The van der Waals surface area contributed by atoms with Gasteiger partial charge in [0.05, 0.1) is 42.0 Å². The highest BCUT2D eigenvalue weighted by Crippen LogP contribution is 2.27. The standard InChI is InChI=1S/C21H26N4O2/c26-21(17-14-18(16-22-15-17)24-8-4-1-5-9-24)23-19-6-2-3-7-20(19)25-10-12-27-13-11-25/h2-3,6-7,14-16H,1,4-5,8-13H2,(H,23,26). The summed E-state index contributed by atoms with van der Waals surface area (Å²) < 4.78 is 5.44. The maximum absolute atomic E-state index is 12.9. The molecule has 2 fully saturated rings. The third kappa shape index (κ3) is 4.22. The summed E-state index contributed by atoms with van der Waals surface area (Å²) in [5.41, 5.74) is 3.49. The zero-order valence-corrected chi connectivity index (χ0v) is 15.6. The van der Waals surface area contributed by atoms with Gasteiger partial charge >= 0.3 is 0 Å². The average molecular weight is 366 g/mol. The summed E-state index contributed by atoms with van der Waals surface area (Å²) in [5.74, 6) is -0.123. The molecule has 3 heterocycles. The van der Waals surface area contributed by atoms with Crippen molar-refractivity contribution in [3.8, 4) is 0 Å². The minimum atomic E-state index is -0.123. The minimum Gasteiger partial charge on any atom is -0.378 e. The molecule has 2 aliphatic rings. The number of aromatic nitrogens is 1. The summed E-state index contributed by atoms with van der Waals surface area (Å²) in [7, 11) is 0. The van der Waals surface area contributed by atoms with Crippen LogP contribution in [0.4, 0.5) is 17.1 Å². The van der Waals surface area contributed by atoms with Crippen molar-refractivity contribution >= 4 is 23.0 Å². The Labute approximate surface area is 160 Å².